The van der Waals surface area contributed by atoms with Crippen molar-refractivity contribution < 1.29 is 52.3 Å². The molecule has 1 aromatic carbocycles. The average molecular weight is 810 g/mol. The van der Waals surface area contributed by atoms with E-state index in [0.29, 0.717) is 35.1 Å². The van der Waals surface area contributed by atoms with Crippen molar-refractivity contribution in [2.75, 3.05) is 27.1 Å². The maximum absolute atomic E-state index is 14.6. The predicted octanol–water partition coefficient (Wildman–Crippen LogP) is 5.57. The standard InChI is InChI=1S/C37H43F3N6O7S2/c1-21-27(52-4)11-10-24-28(18-25(41-30(21)24)32-42-29(20-54-32)37(38,39)40)53-23-12-16-46-26(17-23)31(47)43-36(33(48)44-55(50,51)35(2)13-14-35)19-22(36)9-7-5-6-8-15-45(3)34(46)49/h7,9-11,18,20,22-23,26H,5-6,8,12-17,19H2,1-4H3,(H,43,47)(H,44,48)/b9-7-/t22-,23-,26-,36-/m0/s1/i3D3,15D2. The van der Waals surface area contributed by atoms with Gasteiger partial charge in [0.25, 0.3) is 5.91 Å². The number of pyridine rings is 1. The Morgan fingerprint density at radius 1 is 1.20 bits per heavy atom. The van der Waals surface area contributed by atoms with Crippen LogP contribution in [0.25, 0.3) is 21.6 Å². The van der Waals surface area contributed by atoms with E-state index in [2.05, 4.69) is 20.0 Å². The van der Waals surface area contributed by atoms with Gasteiger partial charge in [-0.1, -0.05) is 12.2 Å². The molecule has 296 valence electrons. The molecule has 0 bridgehead atoms. The Labute approximate surface area is 327 Å². The zero-order valence-electron chi connectivity index (χ0n) is 35.2. The number of allylic oxidation sites excluding steroid dienone is 1. The summed E-state index contributed by atoms with van der Waals surface area (Å²) in [5, 5.41) is 3.92. The Bertz CT molecular complexity index is 2380. The lowest BCUT2D eigenvalue weighted by atomic mass is 9.97. The fourth-order valence-electron chi connectivity index (χ4n) is 6.96. The highest BCUT2D eigenvalue weighted by Crippen LogP contribution is 2.48. The number of carbonyl (C=O) groups excluding carboxylic acids is 3. The van der Waals surface area contributed by atoms with Gasteiger partial charge in [0, 0.05) is 68.0 Å². The summed E-state index contributed by atoms with van der Waals surface area (Å²) in [6, 6.07) is 1.82. The number of benzene rings is 1. The van der Waals surface area contributed by atoms with Crippen LogP contribution in [0.15, 0.2) is 35.7 Å². The third-order valence-electron chi connectivity index (χ3n) is 10.8. The van der Waals surface area contributed by atoms with Crippen LogP contribution in [0.5, 0.6) is 11.5 Å². The third kappa shape index (κ3) is 7.46. The van der Waals surface area contributed by atoms with Crippen LogP contribution in [-0.4, -0.2) is 95.6 Å². The number of piperidine rings is 1. The molecule has 4 amide bonds. The van der Waals surface area contributed by atoms with Crippen LogP contribution in [0.2, 0.25) is 0 Å². The smallest absolute Gasteiger partial charge is 0.434 e. The first kappa shape index (κ1) is 32.8. The van der Waals surface area contributed by atoms with Gasteiger partial charge in [0.1, 0.15) is 39.9 Å². The van der Waals surface area contributed by atoms with E-state index in [-0.39, 0.29) is 66.4 Å². The van der Waals surface area contributed by atoms with Crippen molar-refractivity contribution >= 4 is 50.1 Å². The van der Waals surface area contributed by atoms with E-state index in [1.807, 2.05) is 0 Å². The van der Waals surface area contributed by atoms with Gasteiger partial charge >= 0.3 is 12.2 Å². The van der Waals surface area contributed by atoms with E-state index < -0.39 is 81.6 Å². The molecule has 2 aliphatic carbocycles. The van der Waals surface area contributed by atoms with Gasteiger partial charge in [0.15, 0.2) is 5.69 Å². The van der Waals surface area contributed by atoms with Crippen molar-refractivity contribution in [2.24, 2.45) is 5.92 Å². The lowest BCUT2D eigenvalue weighted by Gasteiger charge is -2.40. The number of rotatable bonds is 7. The molecule has 2 saturated carbocycles. The molecule has 0 spiro atoms. The molecule has 1 saturated heterocycles. The van der Waals surface area contributed by atoms with Gasteiger partial charge in [-0.25, -0.2) is 23.2 Å². The largest absolute Gasteiger partial charge is 0.496 e. The van der Waals surface area contributed by atoms with Crippen LogP contribution in [0.4, 0.5) is 18.0 Å². The number of amides is 4. The summed E-state index contributed by atoms with van der Waals surface area (Å²) in [6.07, 6.45) is -2.06. The second-order valence-corrected chi connectivity index (χ2v) is 17.6. The lowest BCUT2D eigenvalue weighted by Crippen LogP contribution is -2.61. The molecule has 2 aromatic heterocycles. The molecule has 13 nitrogen and oxygen atoms in total. The van der Waals surface area contributed by atoms with Gasteiger partial charge in [-0.05, 0) is 64.5 Å². The number of aromatic nitrogens is 2. The number of fused-ring (bicyclic) bond motifs is 3. The Kier molecular flexibility index (Phi) is 8.48. The maximum atomic E-state index is 14.6. The summed E-state index contributed by atoms with van der Waals surface area (Å²) in [4.78, 5) is 52.2. The molecule has 0 radical (unpaired) electrons. The van der Waals surface area contributed by atoms with E-state index in [1.54, 1.807) is 31.2 Å². The SMILES string of the molecule is [2H]C([2H])([2H])N1C(=O)N2CC[C@H](Oc3cc(-c4nc(C(F)(F)F)cs4)nc4c(C)c(OC)ccc34)C[C@H]2C(=O)N[C@@]2(C(=O)NS(=O)(=O)C3(C)CC3)C[C@@H]2/C=C\CCCC1([2H])[2H]. The molecular weight excluding hydrogens is 762 g/mol. The highest BCUT2D eigenvalue weighted by Gasteiger charge is 2.63. The minimum absolute atomic E-state index is 0.0114. The molecule has 3 fully saturated rings. The number of halogens is 3. The minimum Gasteiger partial charge on any atom is -0.496 e. The average Bonchev–Trinajstić information content (AvgIpc) is 4.01. The molecule has 4 aliphatic rings. The lowest BCUT2D eigenvalue weighted by molar-refractivity contribution is -0.140. The summed E-state index contributed by atoms with van der Waals surface area (Å²) in [7, 11) is -2.69. The van der Waals surface area contributed by atoms with Gasteiger partial charge in [-0.3, -0.25) is 14.3 Å². The first-order chi connectivity index (χ1) is 27.9. The number of nitrogens with one attached hydrogen (secondary N) is 2. The quantitative estimate of drug-likeness (QED) is 0.291. The van der Waals surface area contributed by atoms with Gasteiger partial charge in [0.2, 0.25) is 15.9 Å². The van der Waals surface area contributed by atoms with Crippen LogP contribution in [0.1, 0.15) is 76.4 Å². The molecule has 0 unspecified atom stereocenters. The first-order valence-corrected chi connectivity index (χ1v) is 20.1. The molecular formula is C37H43F3N6O7S2. The number of alkyl halides is 3. The fourth-order valence-corrected chi connectivity index (χ4v) is 9.06. The molecule has 4 atom stereocenters. The number of hydrogen-bond acceptors (Lipinski definition) is 10. The van der Waals surface area contributed by atoms with Crippen molar-refractivity contribution in [1.29, 1.82) is 0 Å². The number of thiazole rings is 1. The summed E-state index contributed by atoms with van der Waals surface area (Å²) in [6.45, 7) is -3.10. The molecule has 55 heavy (non-hydrogen) atoms. The second kappa shape index (κ2) is 14.2. The first-order valence-electron chi connectivity index (χ1n) is 20.3. The van der Waals surface area contributed by atoms with Gasteiger partial charge < -0.3 is 24.6 Å². The van der Waals surface area contributed by atoms with Crippen LogP contribution in [0.3, 0.4) is 0 Å². The van der Waals surface area contributed by atoms with Crippen molar-refractivity contribution in [3.8, 4) is 22.2 Å². The van der Waals surface area contributed by atoms with E-state index in [0.717, 1.165) is 21.6 Å². The number of sulfonamides is 1. The molecule has 2 aliphatic heterocycles. The van der Waals surface area contributed by atoms with Crippen LogP contribution in [0, 0.1) is 12.8 Å². The minimum atomic E-state index is -4.71. The maximum Gasteiger partial charge on any atom is 0.434 e. The number of methoxy groups -OCH3 is 1. The van der Waals surface area contributed by atoms with E-state index in [4.69, 9.17) is 16.3 Å². The van der Waals surface area contributed by atoms with Gasteiger partial charge in [-0.2, -0.15) is 13.2 Å². The van der Waals surface area contributed by atoms with Gasteiger partial charge in [-0.15, -0.1) is 11.3 Å². The molecule has 18 heteroatoms. The van der Waals surface area contributed by atoms with Crippen LogP contribution >= 0.6 is 11.3 Å². The fraction of sp³-hybridized carbons (Fsp3) is 0.541. The number of hydrogen-bond donors (Lipinski definition) is 2. The number of nitrogens with zero attached hydrogens (tertiary/aromatic N) is 4. The van der Waals surface area contributed by atoms with Crippen LogP contribution in [-0.2, 0) is 25.8 Å². The highest BCUT2D eigenvalue weighted by atomic mass is 32.2. The number of carbonyl (C=O) groups is 3. The Balaban J connectivity index is 1.27. The third-order valence-corrected chi connectivity index (χ3v) is 13.8. The molecule has 7 rings (SSSR count). The van der Waals surface area contributed by atoms with Gasteiger partial charge in [0.05, 0.1) is 17.4 Å². The Hall–Kier alpha value is -4.45. The Morgan fingerprint density at radius 2 is 1.98 bits per heavy atom. The molecule has 2 N–H and O–H groups in total. The molecule has 4 heterocycles. The monoisotopic (exact) mass is 809 g/mol. The summed E-state index contributed by atoms with van der Waals surface area (Å²) >= 11 is 0.720. The summed E-state index contributed by atoms with van der Waals surface area (Å²) in [5.41, 5.74) is -1.95. The van der Waals surface area contributed by atoms with Crippen molar-refractivity contribution in [2.45, 2.75) is 93.8 Å². The number of urea groups is 1. The second-order valence-electron chi connectivity index (χ2n) is 14.6. The van der Waals surface area contributed by atoms with Crippen molar-refractivity contribution in [1.82, 2.24) is 29.8 Å². The van der Waals surface area contributed by atoms with Crippen molar-refractivity contribution in [3.63, 3.8) is 0 Å². The topological polar surface area (TPSA) is 160 Å². The summed E-state index contributed by atoms with van der Waals surface area (Å²) < 4.78 is 122. The normalized spacial score (nSPS) is 28.8. The zero-order valence-corrected chi connectivity index (χ0v) is 31.8. The highest BCUT2D eigenvalue weighted by molar-refractivity contribution is 7.91. The zero-order chi connectivity index (χ0) is 43.8. The Morgan fingerprint density at radius 3 is 2.67 bits per heavy atom. The number of aryl methyl sites for hydroxylation is 1. The number of ether oxygens (including phenoxy) is 2. The predicted molar refractivity (Wildman–Crippen MR) is 198 cm³/mol. The summed E-state index contributed by atoms with van der Waals surface area (Å²) in [5.74, 6) is -2.00. The van der Waals surface area contributed by atoms with E-state index >= 15 is 0 Å². The van der Waals surface area contributed by atoms with Crippen molar-refractivity contribution in [3.05, 3.63) is 47.0 Å². The van der Waals surface area contributed by atoms with E-state index in [1.165, 1.54) is 20.1 Å². The molecule has 3 aromatic rings. The van der Waals surface area contributed by atoms with Crippen LogP contribution < -0.4 is 19.5 Å². The van der Waals surface area contributed by atoms with E-state index in [9.17, 15) is 36.0 Å².